The van der Waals surface area contributed by atoms with E-state index in [4.69, 9.17) is 14.2 Å². The number of imidazole rings is 1. The molecule has 1 aromatic carbocycles. The molecule has 0 bridgehead atoms. The first-order chi connectivity index (χ1) is 14.1. The quantitative estimate of drug-likeness (QED) is 0.672. The minimum atomic E-state index is -0.738. The fourth-order valence-electron chi connectivity index (χ4n) is 3.98. The Morgan fingerprint density at radius 2 is 1.90 bits per heavy atom. The first-order valence-corrected chi connectivity index (χ1v) is 9.63. The number of nitrogens with one attached hydrogen (secondary N) is 1. The van der Waals surface area contributed by atoms with Crippen molar-refractivity contribution in [2.24, 2.45) is 0 Å². The molecule has 0 saturated carbocycles. The Morgan fingerprint density at radius 3 is 2.69 bits per heavy atom. The molecule has 2 fully saturated rings. The van der Waals surface area contributed by atoms with E-state index in [-0.39, 0.29) is 18.8 Å². The molecule has 5 rings (SSSR count). The highest BCUT2D eigenvalue weighted by molar-refractivity contribution is 5.82. The van der Waals surface area contributed by atoms with Crippen molar-refractivity contribution < 1.29 is 19.3 Å². The number of hydrogen-bond acceptors (Lipinski definition) is 8. The van der Waals surface area contributed by atoms with E-state index in [1.807, 2.05) is 48.7 Å². The van der Waals surface area contributed by atoms with E-state index in [1.54, 1.807) is 6.33 Å². The Kier molecular flexibility index (Phi) is 4.47. The number of benzene rings is 1. The van der Waals surface area contributed by atoms with Crippen molar-refractivity contribution in [3.05, 3.63) is 48.5 Å². The SMILES string of the molecule is CC1(C)OC2C(CO)OC(n3cnc4c(NCc5ccccc5)ncnc43)C2O1. The lowest BCUT2D eigenvalue weighted by molar-refractivity contribution is -0.199. The Balaban J connectivity index is 1.44. The number of rotatable bonds is 5. The van der Waals surface area contributed by atoms with E-state index < -0.39 is 18.1 Å². The number of hydrogen-bond donors (Lipinski definition) is 2. The zero-order valence-electron chi connectivity index (χ0n) is 16.2. The van der Waals surface area contributed by atoms with E-state index in [9.17, 15) is 5.11 Å². The van der Waals surface area contributed by atoms with E-state index in [1.165, 1.54) is 6.33 Å². The Labute approximate surface area is 167 Å². The predicted molar refractivity (Wildman–Crippen MR) is 104 cm³/mol. The standard InChI is InChI=1S/C20H23N5O4/c1-20(2)28-15-13(9-26)27-19(16(15)29-20)25-11-24-14-17(22-10-23-18(14)25)21-8-12-6-4-3-5-7-12/h3-7,10-11,13,15-16,19,26H,8-9H2,1-2H3,(H,21,22,23). The molecule has 2 aliphatic heterocycles. The summed E-state index contributed by atoms with van der Waals surface area (Å²) in [4.78, 5) is 13.3. The van der Waals surface area contributed by atoms with E-state index in [2.05, 4.69) is 20.3 Å². The summed E-state index contributed by atoms with van der Waals surface area (Å²) < 4.78 is 19.9. The molecule has 2 aromatic heterocycles. The summed E-state index contributed by atoms with van der Waals surface area (Å²) in [5.41, 5.74) is 2.42. The molecule has 9 nitrogen and oxygen atoms in total. The monoisotopic (exact) mass is 397 g/mol. The van der Waals surface area contributed by atoms with Gasteiger partial charge in [-0.15, -0.1) is 0 Å². The molecule has 29 heavy (non-hydrogen) atoms. The summed E-state index contributed by atoms with van der Waals surface area (Å²) in [5, 5.41) is 13.0. The number of anilines is 1. The van der Waals surface area contributed by atoms with Gasteiger partial charge in [-0.05, 0) is 19.4 Å². The van der Waals surface area contributed by atoms with Crippen molar-refractivity contribution in [3.63, 3.8) is 0 Å². The Morgan fingerprint density at radius 1 is 1.10 bits per heavy atom. The first kappa shape index (κ1) is 18.4. The van der Waals surface area contributed by atoms with E-state index in [0.717, 1.165) is 5.56 Å². The third-order valence-electron chi connectivity index (χ3n) is 5.24. The molecule has 2 aliphatic rings. The van der Waals surface area contributed by atoms with Crippen LogP contribution in [0.2, 0.25) is 0 Å². The second kappa shape index (κ2) is 7.03. The second-order valence-corrected chi connectivity index (χ2v) is 7.70. The molecule has 0 aliphatic carbocycles. The van der Waals surface area contributed by atoms with Crippen molar-refractivity contribution in [2.45, 2.75) is 50.7 Å². The molecule has 9 heteroatoms. The average molecular weight is 397 g/mol. The van der Waals surface area contributed by atoms with Crippen molar-refractivity contribution >= 4 is 17.0 Å². The minimum Gasteiger partial charge on any atom is -0.394 e. The average Bonchev–Trinajstić information content (AvgIpc) is 3.37. The summed E-state index contributed by atoms with van der Waals surface area (Å²) >= 11 is 0. The van der Waals surface area contributed by atoms with Crippen LogP contribution in [0, 0.1) is 0 Å². The van der Waals surface area contributed by atoms with Crippen LogP contribution in [0.4, 0.5) is 5.82 Å². The van der Waals surface area contributed by atoms with Gasteiger partial charge in [0.1, 0.15) is 24.6 Å². The Hall–Kier alpha value is -2.59. The molecule has 4 atom stereocenters. The van der Waals surface area contributed by atoms with Crippen LogP contribution in [0.3, 0.4) is 0 Å². The topological polar surface area (TPSA) is 104 Å². The molecular weight excluding hydrogens is 374 g/mol. The highest BCUT2D eigenvalue weighted by Gasteiger charge is 2.55. The Bertz CT molecular complexity index is 1010. The van der Waals surface area contributed by atoms with E-state index in [0.29, 0.717) is 23.5 Å². The van der Waals surface area contributed by atoms with Gasteiger partial charge >= 0.3 is 0 Å². The van der Waals surface area contributed by atoms with Crippen LogP contribution in [-0.2, 0) is 20.8 Å². The third kappa shape index (κ3) is 3.25. The maximum absolute atomic E-state index is 9.71. The summed E-state index contributed by atoms with van der Waals surface area (Å²) in [6.45, 7) is 4.19. The lowest BCUT2D eigenvalue weighted by Gasteiger charge is -2.24. The van der Waals surface area contributed by atoms with Crippen LogP contribution in [0.25, 0.3) is 11.2 Å². The molecule has 2 N–H and O–H groups in total. The molecule has 2 saturated heterocycles. The summed E-state index contributed by atoms with van der Waals surface area (Å²) in [6, 6.07) is 10.1. The van der Waals surface area contributed by atoms with Crippen LogP contribution < -0.4 is 5.32 Å². The van der Waals surface area contributed by atoms with Crippen molar-refractivity contribution in [3.8, 4) is 0 Å². The lowest BCUT2D eigenvalue weighted by Crippen LogP contribution is -2.31. The smallest absolute Gasteiger partial charge is 0.167 e. The zero-order chi connectivity index (χ0) is 20.0. The van der Waals surface area contributed by atoms with Gasteiger partial charge in [-0.3, -0.25) is 4.57 Å². The van der Waals surface area contributed by atoms with Gasteiger partial charge in [0.2, 0.25) is 0 Å². The van der Waals surface area contributed by atoms with Crippen LogP contribution in [0.15, 0.2) is 43.0 Å². The van der Waals surface area contributed by atoms with Gasteiger partial charge in [0.15, 0.2) is 29.0 Å². The van der Waals surface area contributed by atoms with Gasteiger partial charge in [0.25, 0.3) is 0 Å². The lowest BCUT2D eigenvalue weighted by atomic mass is 10.1. The summed E-state index contributed by atoms with van der Waals surface area (Å²) in [5.74, 6) is -0.0896. The number of nitrogens with zero attached hydrogens (tertiary/aromatic N) is 4. The van der Waals surface area contributed by atoms with Crippen LogP contribution >= 0.6 is 0 Å². The third-order valence-corrected chi connectivity index (χ3v) is 5.24. The van der Waals surface area contributed by atoms with Crippen molar-refractivity contribution in [1.82, 2.24) is 19.5 Å². The molecule has 4 unspecified atom stereocenters. The van der Waals surface area contributed by atoms with Crippen LogP contribution in [0.1, 0.15) is 25.6 Å². The largest absolute Gasteiger partial charge is 0.394 e. The molecule has 3 aromatic rings. The fourth-order valence-corrected chi connectivity index (χ4v) is 3.98. The van der Waals surface area contributed by atoms with Crippen molar-refractivity contribution in [2.75, 3.05) is 11.9 Å². The predicted octanol–water partition coefficient (Wildman–Crippen LogP) is 1.85. The first-order valence-electron chi connectivity index (χ1n) is 9.63. The zero-order valence-corrected chi connectivity index (χ0v) is 16.2. The van der Waals surface area contributed by atoms with Crippen LogP contribution in [-0.4, -0.2) is 55.3 Å². The van der Waals surface area contributed by atoms with Gasteiger partial charge in [0.05, 0.1) is 12.9 Å². The highest BCUT2D eigenvalue weighted by atomic mass is 16.8. The maximum atomic E-state index is 9.71. The van der Waals surface area contributed by atoms with Gasteiger partial charge < -0.3 is 24.6 Å². The second-order valence-electron chi connectivity index (χ2n) is 7.70. The van der Waals surface area contributed by atoms with Crippen LogP contribution in [0.5, 0.6) is 0 Å². The number of fused-ring (bicyclic) bond motifs is 2. The summed E-state index contributed by atoms with van der Waals surface area (Å²) in [6.07, 6.45) is 1.48. The number of ether oxygens (including phenoxy) is 3. The molecular formula is C20H23N5O4. The highest BCUT2D eigenvalue weighted by Crippen LogP contribution is 2.43. The van der Waals surface area contributed by atoms with Gasteiger partial charge in [-0.25, -0.2) is 15.0 Å². The van der Waals surface area contributed by atoms with Gasteiger partial charge in [-0.1, -0.05) is 30.3 Å². The number of aliphatic hydroxyl groups is 1. The fraction of sp³-hybridized carbons (Fsp3) is 0.450. The normalized spacial score (nSPS) is 28.0. The van der Waals surface area contributed by atoms with Gasteiger partial charge in [-0.2, -0.15) is 0 Å². The summed E-state index contributed by atoms with van der Waals surface area (Å²) in [7, 11) is 0. The molecule has 0 radical (unpaired) electrons. The van der Waals surface area contributed by atoms with E-state index >= 15 is 0 Å². The number of aliphatic hydroxyl groups excluding tert-OH is 1. The molecule has 152 valence electrons. The maximum Gasteiger partial charge on any atom is 0.167 e. The molecule has 4 heterocycles. The number of aromatic nitrogens is 4. The minimum absolute atomic E-state index is 0.150. The molecule has 0 amide bonds. The van der Waals surface area contributed by atoms with Gasteiger partial charge in [0, 0.05) is 6.54 Å². The van der Waals surface area contributed by atoms with Crippen molar-refractivity contribution in [1.29, 1.82) is 0 Å². The molecule has 0 spiro atoms.